The Morgan fingerprint density at radius 1 is 1.15 bits per heavy atom. The lowest BCUT2D eigenvalue weighted by Gasteiger charge is -2.08. The van der Waals surface area contributed by atoms with Crippen molar-refractivity contribution >= 4 is 5.91 Å². The number of rotatable bonds is 8. The first kappa shape index (κ1) is 18.8. The van der Waals surface area contributed by atoms with E-state index in [-0.39, 0.29) is 11.7 Å². The molecular formula is C21H22FN3O2. The lowest BCUT2D eigenvalue weighted by molar-refractivity contribution is 0.0934. The van der Waals surface area contributed by atoms with Gasteiger partial charge in [0.25, 0.3) is 5.91 Å². The number of halogens is 1. The number of amides is 1. The maximum absolute atomic E-state index is 13.9. The fourth-order valence-electron chi connectivity index (χ4n) is 2.73. The average Bonchev–Trinajstić information content (AvgIpc) is 3.07. The highest BCUT2D eigenvalue weighted by Gasteiger charge is 2.16. The molecule has 0 bridgehead atoms. The van der Waals surface area contributed by atoms with Crippen molar-refractivity contribution in [2.75, 3.05) is 13.2 Å². The van der Waals surface area contributed by atoms with Gasteiger partial charge in [-0.15, -0.1) is 0 Å². The van der Waals surface area contributed by atoms with Crippen LogP contribution in [0.25, 0.3) is 5.69 Å². The molecule has 1 N–H and O–H groups in total. The lowest BCUT2D eigenvalue weighted by Crippen LogP contribution is -2.25. The van der Waals surface area contributed by atoms with Crippen LogP contribution in [0.4, 0.5) is 4.39 Å². The topological polar surface area (TPSA) is 56.1 Å². The van der Waals surface area contributed by atoms with Gasteiger partial charge < -0.3 is 10.1 Å². The number of ether oxygens (including phenoxy) is 1. The van der Waals surface area contributed by atoms with Crippen molar-refractivity contribution < 1.29 is 13.9 Å². The molecule has 2 aromatic carbocycles. The molecule has 1 amide bonds. The Morgan fingerprint density at radius 2 is 1.89 bits per heavy atom. The van der Waals surface area contributed by atoms with Crippen LogP contribution in [0.2, 0.25) is 0 Å². The van der Waals surface area contributed by atoms with Crippen LogP contribution in [0.3, 0.4) is 0 Å². The van der Waals surface area contributed by atoms with Crippen molar-refractivity contribution in [2.45, 2.75) is 20.0 Å². The Balaban J connectivity index is 1.47. The van der Waals surface area contributed by atoms with Gasteiger partial charge in [-0.3, -0.25) is 4.79 Å². The van der Waals surface area contributed by atoms with Gasteiger partial charge in [-0.05, 0) is 31.0 Å². The second-order valence-corrected chi connectivity index (χ2v) is 6.15. The molecule has 0 unspecified atom stereocenters. The smallest absolute Gasteiger partial charge is 0.254 e. The van der Waals surface area contributed by atoms with Crippen LogP contribution in [0, 0.1) is 12.7 Å². The number of carbonyl (C=O) groups is 1. The summed E-state index contributed by atoms with van der Waals surface area (Å²) < 4.78 is 21.0. The van der Waals surface area contributed by atoms with Gasteiger partial charge >= 0.3 is 0 Å². The Bertz CT molecular complexity index is 893. The van der Waals surface area contributed by atoms with Gasteiger partial charge in [0.15, 0.2) is 0 Å². The average molecular weight is 367 g/mol. The minimum absolute atomic E-state index is 0.224. The predicted octanol–water partition coefficient (Wildman–Crippen LogP) is 3.66. The van der Waals surface area contributed by atoms with Crippen molar-refractivity contribution in [1.29, 1.82) is 0 Å². The number of benzene rings is 2. The summed E-state index contributed by atoms with van der Waals surface area (Å²) in [5.41, 5.74) is 2.47. The molecule has 0 saturated heterocycles. The van der Waals surface area contributed by atoms with Gasteiger partial charge in [0.1, 0.15) is 11.5 Å². The summed E-state index contributed by atoms with van der Waals surface area (Å²) in [4.78, 5) is 12.4. The van der Waals surface area contributed by atoms with Crippen LogP contribution < -0.4 is 5.32 Å². The number of aromatic nitrogens is 2. The summed E-state index contributed by atoms with van der Waals surface area (Å²) >= 11 is 0. The van der Waals surface area contributed by atoms with Crippen molar-refractivity contribution in [1.82, 2.24) is 15.1 Å². The van der Waals surface area contributed by atoms with Crippen LogP contribution in [-0.4, -0.2) is 28.8 Å². The maximum atomic E-state index is 13.9. The molecule has 0 aliphatic carbocycles. The van der Waals surface area contributed by atoms with E-state index in [9.17, 15) is 9.18 Å². The van der Waals surface area contributed by atoms with E-state index in [2.05, 4.69) is 10.4 Å². The van der Waals surface area contributed by atoms with E-state index in [1.54, 1.807) is 25.1 Å². The van der Waals surface area contributed by atoms with Gasteiger partial charge in [-0.2, -0.15) is 5.10 Å². The number of carbonyl (C=O) groups excluding carboxylic acids is 1. The molecule has 0 aliphatic rings. The minimum atomic E-state index is -0.383. The van der Waals surface area contributed by atoms with Gasteiger partial charge in [-0.1, -0.05) is 42.5 Å². The highest BCUT2D eigenvalue weighted by atomic mass is 19.1. The summed E-state index contributed by atoms with van der Waals surface area (Å²) in [5, 5.41) is 7.00. The molecule has 1 heterocycles. The predicted molar refractivity (Wildman–Crippen MR) is 101 cm³/mol. The standard InChI is InChI=1S/C21H22FN3O2/c1-16-18(14-24-25(16)20-11-6-5-10-19(20)22)21(26)23-12-7-13-27-15-17-8-3-2-4-9-17/h2-6,8-11,14H,7,12-13,15H2,1H3,(H,23,26). The molecule has 0 atom stereocenters. The Labute approximate surface area is 157 Å². The summed E-state index contributed by atoms with van der Waals surface area (Å²) in [6.45, 7) is 3.36. The summed E-state index contributed by atoms with van der Waals surface area (Å²) in [7, 11) is 0. The second kappa shape index (κ2) is 9.09. The van der Waals surface area contributed by atoms with Gasteiger partial charge in [0.2, 0.25) is 0 Å². The fourth-order valence-corrected chi connectivity index (χ4v) is 2.73. The van der Waals surface area contributed by atoms with E-state index in [0.29, 0.717) is 43.1 Å². The van der Waals surface area contributed by atoms with Crippen LogP contribution in [0.1, 0.15) is 28.0 Å². The van der Waals surface area contributed by atoms with E-state index in [0.717, 1.165) is 5.56 Å². The van der Waals surface area contributed by atoms with Crippen LogP contribution in [0.15, 0.2) is 60.8 Å². The Hall–Kier alpha value is -2.99. The first-order valence-corrected chi connectivity index (χ1v) is 8.86. The van der Waals surface area contributed by atoms with Crippen molar-refractivity contribution in [3.8, 4) is 5.69 Å². The highest BCUT2D eigenvalue weighted by Crippen LogP contribution is 2.16. The highest BCUT2D eigenvalue weighted by molar-refractivity contribution is 5.95. The molecule has 3 rings (SSSR count). The molecule has 0 fully saturated rings. The van der Waals surface area contributed by atoms with Crippen molar-refractivity contribution in [2.24, 2.45) is 0 Å². The van der Waals surface area contributed by atoms with E-state index >= 15 is 0 Å². The molecule has 0 radical (unpaired) electrons. The zero-order valence-electron chi connectivity index (χ0n) is 15.2. The van der Waals surface area contributed by atoms with E-state index in [1.165, 1.54) is 16.9 Å². The molecule has 5 nitrogen and oxygen atoms in total. The number of para-hydroxylation sites is 1. The minimum Gasteiger partial charge on any atom is -0.377 e. The van der Waals surface area contributed by atoms with Gasteiger partial charge in [0, 0.05) is 13.2 Å². The number of nitrogens with one attached hydrogen (secondary N) is 1. The van der Waals surface area contributed by atoms with E-state index in [4.69, 9.17) is 4.74 Å². The third kappa shape index (κ3) is 4.80. The number of nitrogens with zero attached hydrogens (tertiary/aromatic N) is 2. The summed E-state index contributed by atoms with van der Waals surface area (Å²) in [6, 6.07) is 16.3. The Morgan fingerprint density at radius 3 is 2.67 bits per heavy atom. The largest absolute Gasteiger partial charge is 0.377 e. The second-order valence-electron chi connectivity index (χ2n) is 6.15. The van der Waals surface area contributed by atoms with E-state index < -0.39 is 0 Å². The molecule has 0 aliphatic heterocycles. The van der Waals surface area contributed by atoms with Gasteiger partial charge in [-0.25, -0.2) is 9.07 Å². The van der Waals surface area contributed by atoms with E-state index in [1.807, 2.05) is 30.3 Å². The van der Waals surface area contributed by atoms with Crippen molar-refractivity contribution in [3.63, 3.8) is 0 Å². The quantitative estimate of drug-likeness (QED) is 0.618. The molecule has 6 heteroatoms. The van der Waals surface area contributed by atoms with Gasteiger partial charge in [0.05, 0.1) is 24.1 Å². The fraction of sp³-hybridized carbons (Fsp3) is 0.238. The molecule has 0 saturated carbocycles. The molecule has 140 valence electrons. The zero-order valence-corrected chi connectivity index (χ0v) is 15.2. The summed E-state index contributed by atoms with van der Waals surface area (Å²) in [5.74, 6) is -0.607. The van der Waals surface area contributed by atoms with Crippen LogP contribution in [-0.2, 0) is 11.3 Å². The SMILES string of the molecule is Cc1c(C(=O)NCCCOCc2ccccc2)cnn1-c1ccccc1F. The van der Waals surface area contributed by atoms with Crippen molar-refractivity contribution in [3.05, 3.63) is 83.4 Å². The molecule has 0 spiro atoms. The first-order valence-electron chi connectivity index (χ1n) is 8.86. The Kier molecular flexibility index (Phi) is 6.33. The third-order valence-electron chi connectivity index (χ3n) is 4.20. The number of hydrogen-bond donors (Lipinski definition) is 1. The monoisotopic (exact) mass is 367 g/mol. The first-order chi connectivity index (χ1) is 13.2. The molecular weight excluding hydrogens is 345 g/mol. The lowest BCUT2D eigenvalue weighted by atomic mass is 10.2. The van der Waals surface area contributed by atoms with Crippen LogP contribution >= 0.6 is 0 Å². The number of hydrogen-bond acceptors (Lipinski definition) is 3. The van der Waals surface area contributed by atoms with Crippen LogP contribution in [0.5, 0.6) is 0 Å². The molecule has 1 aromatic heterocycles. The summed E-state index contributed by atoms with van der Waals surface area (Å²) in [6.07, 6.45) is 2.17. The third-order valence-corrected chi connectivity index (χ3v) is 4.20. The zero-order chi connectivity index (χ0) is 19.1. The molecule has 3 aromatic rings. The molecule has 27 heavy (non-hydrogen) atoms. The normalized spacial score (nSPS) is 10.7. The maximum Gasteiger partial charge on any atom is 0.254 e.